The molecule has 0 saturated carbocycles. The number of amides is 2. The number of para-hydroxylation sites is 1. The van der Waals surface area contributed by atoms with Crippen LogP contribution in [0.25, 0.3) is 0 Å². The Labute approximate surface area is 106 Å². The van der Waals surface area contributed by atoms with Crippen molar-refractivity contribution in [3.63, 3.8) is 0 Å². The van der Waals surface area contributed by atoms with Gasteiger partial charge in [-0.2, -0.15) is 0 Å². The van der Waals surface area contributed by atoms with Crippen LogP contribution in [0.15, 0.2) is 30.3 Å². The van der Waals surface area contributed by atoms with Crippen molar-refractivity contribution in [2.75, 3.05) is 5.32 Å². The standard InChI is InChI=1S/C13H18N2O3/c1-13(2,3)10(11(16)17)15-12(18)14-9-7-5-4-6-8-9/h4-8,10H,1-3H3,(H,16,17)(H2,14,15,18). The zero-order valence-corrected chi connectivity index (χ0v) is 10.7. The van der Waals surface area contributed by atoms with Gasteiger partial charge in [-0.15, -0.1) is 0 Å². The molecular formula is C13H18N2O3. The highest BCUT2D eigenvalue weighted by Gasteiger charge is 2.32. The average molecular weight is 250 g/mol. The quantitative estimate of drug-likeness (QED) is 0.770. The number of carboxylic acids is 1. The fourth-order valence-corrected chi connectivity index (χ4v) is 1.47. The molecule has 0 fully saturated rings. The van der Waals surface area contributed by atoms with Gasteiger partial charge in [0.05, 0.1) is 0 Å². The summed E-state index contributed by atoms with van der Waals surface area (Å²) in [6.45, 7) is 5.28. The topological polar surface area (TPSA) is 78.4 Å². The molecule has 0 heterocycles. The molecule has 0 bridgehead atoms. The summed E-state index contributed by atoms with van der Waals surface area (Å²) in [7, 11) is 0. The van der Waals surface area contributed by atoms with E-state index < -0.39 is 23.5 Å². The molecule has 5 heteroatoms. The van der Waals surface area contributed by atoms with E-state index in [0.717, 1.165) is 0 Å². The highest BCUT2D eigenvalue weighted by molar-refractivity contribution is 5.92. The molecule has 0 saturated heterocycles. The number of anilines is 1. The number of urea groups is 1. The third-order valence-corrected chi connectivity index (χ3v) is 2.42. The lowest BCUT2D eigenvalue weighted by atomic mass is 9.87. The van der Waals surface area contributed by atoms with E-state index in [1.165, 1.54) is 0 Å². The van der Waals surface area contributed by atoms with Gasteiger partial charge in [0.1, 0.15) is 6.04 Å². The summed E-state index contributed by atoms with van der Waals surface area (Å²) in [6.07, 6.45) is 0. The van der Waals surface area contributed by atoms with Crippen LogP contribution >= 0.6 is 0 Å². The van der Waals surface area contributed by atoms with Gasteiger partial charge in [-0.25, -0.2) is 9.59 Å². The summed E-state index contributed by atoms with van der Waals surface area (Å²) < 4.78 is 0. The summed E-state index contributed by atoms with van der Waals surface area (Å²) in [4.78, 5) is 22.8. The number of hydrogen-bond donors (Lipinski definition) is 3. The van der Waals surface area contributed by atoms with Gasteiger partial charge in [0.2, 0.25) is 0 Å². The van der Waals surface area contributed by atoms with Crippen molar-refractivity contribution in [1.82, 2.24) is 5.32 Å². The minimum absolute atomic E-state index is 0.525. The number of aliphatic carboxylic acids is 1. The Hall–Kier alpha value is -2.04. The van der Waals surface area contributed by atoms with Crippen molar-refractivity contribution < 1.29 is 14.7 Å². The summed E-state index contributed by atoms with van der Waals surface area (Å²) in [6, 6.07) is 7.39. The fourth-order valence-electron chi connectivity index (χ4n) is 1.47. The van der Waals surface area contributed by atoms with Gasteiger partial charge in [0, 0.05) is 5.69 Å². The van der Waals surface area contributed by atoms with Crippen molar-refractivity contribution in [3.05, 3.63) is 30.3 Å². The van der Waals surface area contributed by atoms with E-state index in [2.05, 4.69) is 10.6 Å². The maximum absolute atomic E-state index is 11.7. The number of carbonyl (C=O) groups excluding carboxylic acids is 1. The van der Waals surface area contributed by atoms with Gasteiger partial charge in [-0.3, -0.25) is 0 Å². The van der Waals surface area contributed by atoms with Crippen LogP contribution in [0.3, 0.4) is 0 Å². The number of nitrogens with one attached hydrogen (secondary N) is 2. The van der Waals surface area contributed by atoms with Crippen LogP contribution in [0.2, 0.25) is 0 Å². The minimum atomic E-state index is -1.05. The highest BCUT2D eigenvalue weighted by Crippen LogP contribution is 2.19. The molecule has 18 heavy (non-hydrogen) atoms. The molecule has 5 nitrogen and oxygen atoms in total. The summed E-state index contributed by atoms with van der Waals surface area (Å²) >= 11 is 0. The Kier molecular flexibility index (Phi) is 4.31. The van der Waals surface area contributed by atoms with Gasteiger partial charge in [-0.05, 0) is 17.5 Å². The number of carbonyl (C=O) groups is 2. The van der Waals surface area contributed by atoms with Crippen LogP contribution in [0, 0.1) is 5.41 Å². The number of benzene rings is 1. The predicted molar refractivity (Wildman–Crippen MR) is 69.5 cm³/mol. The summed E-state index contributed by atoms with van der Waals surface area (Å²) in [5.74, 6) is -1.05. The Morgan fingerprint density at radius 3 is 2.17 bits per heavy atom. The molecule has 1 unspecified atom stereocenters. The Balaban J connectivity index is 2.66. The van der Waals surface area contributed by atoms with Crippen molar-refractivity contribution in [2.45, 2.75) is 26.8 Å². The van der Waals surface area contributed by atoms with E-state index in [9.17, 15) is 9.59 Å². The van der Waals surface area contributed by atoms with Gasteiger partial charge in [0.25, 0.3) is 0 Å². The van der Waals surface area contributed by atoms with E-state index in [1.807, 2.05) is 6.07 Å². The molecule has 0 spiro atoms. The predicted octanol–water partition coefficient (Wildman–Crippen LogP) is 2.31. The molecule has 1 rings (SSSR count). The molecule has 2 amide bonds. The van der Waals surface area contributed by atoms with Crippen LogP contribution in [0.1, 0.15) is 20.8 Å². The lowest BCUT2D eigenvalue weighted by Gasteiger charge is -2.27. The molecule has 98 valence electrons. The van der Waals surface area contributed by atoms with Gasteiger partial charge in [-0.1, -0.05) is 39.0 Å². The van der Waals surface area contributed by atoms with Gasteiger partial charge in [0.15, 0.2) is 0 Å². The molecule has 0 radical (unpaired) electrons. The third kappa shape index (κ3) is 4.08. The largest absolute Gasteiger partial charge is 0.480 e. The lowest BCUT2D eigenvalue weighted by Crippen LogP contribution is -2.50. The first-order valence-corrected chi connectivity index (χ1v) is 5.66. The molecule has 0 aliphatic carbocycles. The van der Waals surface area contributed by atoms with E-state index in [0.29, 0.717) is 5.69 Å². The maximum atomic E-state index is 11.7. The minimum Gasteiger partial charge on any atom is -0.480 e. The zero-order chi connectivity index (χ0) is 13.8. The molecule has 0 aliphatic rings. The summed E-state index contributed by atoms with van der Waals surface area (Å²) in [5, 5.41) is 14.1. The monoisotopic (exact) mass is 250 g/mol. The molecule has 1 atom stereocenters. The van der Waals surface area contributed by atoms with E-state index in [-0.39, 0.29) is 0 Å². The first kappa shape index (κ1) is 14.0. The second-order valence-electron chi connectivity index (χ2n) is 5.10. The maximum Gasteiger partial charge on any atom is 0.326 e. The average Bonchev–Trinajstić information content (AvgIpc) is 2.25. The third-order valence-electron chi connectivity index (χ3n) is 2.42. The van der Waals surface area contributed by atoms with Crippen LogP contribution in [-0.4, -0.2) is 23.1 Å². The molecular weight excluding hydrogens is 232 g/mol. The van der Waals surface area contributed by atoms with Crippen LogP contribution in [0.4, 0.5) is 10.5 Å². The Morgan fingerprint density at radius 1 is 1.17 bits per heavy atom. The highest BCUT2D eigenvalue weighted by atomic mass is 16.4. The van der Waals surface area contributed by atoms with Crippen molar-refractivity contribution in [2.24, 2.45) is 5.41 Å². The number of rotatable bonds is 3. The smallest absolute Gasteiger partial charge is 0.326 e. The lowest BCUT2D eigenvalue weighted by molar-refractivity contribution is -0.141. The first-order valence-electron chi connectivity index (χ1n) is 5.66. The second-order valence-corrected chi connectivity index (χ2v) is 5.10. The normalized spacial score (nSPS) is 12.6. The van der Waals surface area contributed by atoms with Crippen LogP contribution in [-0.2, 0) is 4.79 Å². The second kappa shape index (κ2) is 5.53. The van der Waals surface area contributed by atoms with Crippen molar-refractivity contribution in [3.8, 4) is 0 Å². The molecule has 3 N–H and O–H groups in total. The zero-order valence-electron chi connectivity index (χ0n) is 10.7. The SMILES string of the molecule is CC(C)(C)C(NC(=O)Nc1ccccc1)C(=O)O. The van der Waals surface area contributed by atoms with E-state index in [1.54, 1.807) is 45.0 Å². The Morgan fingerprint density at radius 2 is 1.72 bits per heavy atom. The van der Waals surface area contributed by atoms with Crippen molar-refractivity contribution in [1.29, 1.82) is 0 Å². The van der Waals surface area contributed by atoms with Crippen LogP contribution in [0.5, 0.6) is 0 Å². The van der Waals surface area contributed by atoms with E-state index >= 15 is 0 Å². The van der Waals surface area contributed by atoms with E-state index in [4.69, 9.17) is 5.11 Å². The Bertz CT molecular complexity index is 424. The molecule has 0 aliphatic heterocycles. The number of hydrogen-bond acceptors (Lipinski definition) is 2. The first-order chi connectivity index (χ1) is 8.30. The molecule has 0 aromatic heterocycles. The fraction of sp³-hybridized carbons (Fsp3) is 0.385. The molecule has 1 aromatic rings. The van der Waals surface area contributed by atoms with Crippen LogP contribution < -0.4 is 10.6 Å². The van der Waals surface area contributed by atoms with Gasteiger partial charge < -0.3 is 15.7 Å². The number of carboxylic acid groups (broad SMARTS) is 1. The van der Waals surface area contributed by atoms with Crippen molar-refractivity contribution >= 4 is 17.7 Å². The van der Waals surface area contributed by atoms with Gasteiger partial charge >= 0.3 is 12.0 Å². The summed E-state index contributed by atoms with van der Waals surface area (Å²) in [5.41, 5.74) is 0.0629. The molecule has 1 aromatic carbocycles.